The topological polar surface area (TPSA) is 24.5 Å². The molecule has 0 aliphatic rings. The van der Waals surface area contributed by atoms with Gasteiger partial charge < -0.3 is 10.1 Å². The van der Waals surface area contributed by atoms with Crippen molar-refractivity contribution < 1.29 is 9.13 Å². The lowest BCUT2D eigenvalue weighted by molar-refractivity contribution is 0.0714. The molecule has 0 aromatic heterocycles. The quantitative estimate of drug-likeness (QED) is 0.793. The third-order valence-electron chi connectivity index (χ3n) is 4.63. The van der Waals surface area contributed by atoms with Gasteiger partial charge >= 0.3 is 0 Å². The Hall–Kier alpha value is -1.13. The second-order valence-corrected chi connectivity index (χ2v) is 5.49. The van der Waals surface area contributed by atoms with Crippen molar-refractivity contribution >= 4 is 0 Å². The van der Waals surface area contributed by atoms with Crippen molar-refractivity contribution in [3.63, 3.8) is 0 Å². The van der Waals surface area contributed by atoms with Crippen LogP contribution in [0.5, 0.6) is 5.75 Å². The number of rotatable bonds is 8. The maximum absolute atomic E-state index is 14.5. The summed E-state index contributed by atoms with van der Waals surface area (Å²) in [6.45, 7) is 10.5. The summed E-state index contributed by atoms with van der Waals surface area (Å²) in [7, 11) is 3.45. The molecule has 4 heteroatoms. The Bertz CT molecular complexity index is 448. The Morgan fingerprint density at radius 1 is 1.29 bits per heavy atom. The Morgan fingerprint density at radius 3 is 2.29 bits per heavy atom. The summed E-state index contributed by atoms with van der Waals surface area (Å²) >= 11 is 0. The van der Waals surface area contributed by atoms with E-state index in [4.69, 9.17) is 4.74 Å². The smallest absolute Gasteiger partial charge is 0.131 e. The Morgan fingerprint density at radius 2 is 1.90 bits per heavy atom. The van der Waals surface area contributed by atoms with Gasteiger partial charge in [-0.15, -0.1) is 0 Å². The van der Waals surface area contributed by atoms with Crippen LogP contribution in [0.25, 0.3) is 0 Å². The zero-order valence-electron chi connectivity index (χ0n) is 14.2. The standard InChI is InChI=1S/C17H29FN2O/c1-7-17(4,20(8-2)9-3)16(19-5)14-11-10-13(21-6)12-15(14)18/h10-12,16,19H,7-9H2,1-6H3. The van der Waals surface area contributed by atoms with E-state index in [9.17, 15) is 4.39 Å². The zero-order chi connectivity index (χ0) is 16.0. The third-order valence-corrected chi connectivity index (χ3v) is 4.63. The summed E-state index contributed by atoms with van der Waals surface area (Å²) in [5.74, 6) is 0.327. The van der Waals surface area contributed by atoms with E-state index in [1.54, 1.807) is 7.11 Å². The van der Waals surface area contributed by atoms with Crippen LogP contribution in [0.3, 0.4) is 0 Å². The molecule has 0 fully saturated rings. The average Bonchev–Trinajstić information content (AvgIpc) is 2.50. The number of methoxy groups -OCH3 is 1. The van der Waals surface area contributed by atoms with Gasteiger partial charge in [0.2, 0.25) is 0 Å². The highest BCUT2D eigenvalue weighted by Gasteiger charge is 2.38. The first-order valence-corrected chi connectivity index (χ1v) is 7.74. The maximum Gasteiger partial charge on any atom is 0.131 e. The highest BCUT2D eigenvalue weighted by atomic mass is 19.1. The predicted molar refractivity (Wildman–Crippen MR) is 86.4 cm³/mol. The van der Waals surface area contributed by atoms with Gasteiger partial charge in [-0.25, -0.2) is 4.39 Å². The lowest BCUT2D eigenvalue weighted by Crippen LogP contribution is -2.53. The van der Waals surface area contributed by atoms with Gasteiger partial charge in [-0.3, -0.25) is 4.90 Å². The molecule has 0 heterocycles. The van der Waals surface area contributed by atoms with Gasteiger partial charge in [-0.05, 0) is 39.5 Å². The fraction of sp³-hybridized carbons (Fsp3) is 0.647. The minimum atomic E-state index is -0.222. The van der Waals surface area contributed by atoms with Crippen LogP contribution < -0.4 is 10.1 Å². The monoisotopic (exact) mass is 296 g/mol. The highest BCUT2D eigenvalue weighted by Crippen LogP contribution is 2.36. The Balaban J connectivity index is 3.27. The lowest BCUT2D eigenvalue weighted by atomic mass is 9.82. The lowest BCUT2D eigenvalue weighted by Gasteiger charge is -2.46. The Kier molecular flexibility index (Phi) is 6.62. The molecule has 0 saturated heterocycles. The first-order valence-electron chi connectivity index (χ1n) is 7.74. The van der Waals surface area contributed by atoms with E-state index in [1.165, 1.54) is 6.07 Å². The molecule has 120 valence electrons. The van der Waals surface area contributed by atoms with Gasteiger partial charge in [0.1, 0.15) is 11.6 Å². The molecule has 2 unspecified atom stereocenters. The van der Waals surface area contributed by atoms with E-state index in [2.05, 4.69) is 37.9 Å². The molecule has 3 nitrogen and oxygen atoms in total. The molecule has 0 saturated carbocycles. The molecule has 1 rings (SSSR count). The molecule has 1 N–H and O–H groups in total. The fourth-order valence-corrected chi connectivity index (χ4v) is 3.23. The van der Waals surface area contributed by atoms with Gasteiger partial charge in [-0.2, -0.15) is 0 Å². The largest absolute Gasteiger partial charge is 0.497 e. The number of halogens is 1. The SMILES string of the molecule is CCN(CC)C(C)(CC)C(NC)c1ccc(OC)cc1F. The number of hydrogen-bond acceptors (Lipinski definition) is 3. The van der Waals surface area contributed by atoms with Crippen molar-refractivity contribution in [2.24, 2.45) is 0 Å². The van der Waals surface area contributed by atoms with Crippen LogP contribution in [0, 0.1) is 5.82 Å². The van der Waals surface area contributed by atoms with Crippen LogP contribution >= 0.6 is 0 Å². The molecular weight excluding hydrogens is 267 g/mol. The van der Waals surface area contributed by atoms with Crippen LogP contribution in [0.2, 0.25) is 0 Å². The molecule has 0 aliphatic carbocycles. The molecule has 2 atom stereocenters. The Labute approximate surface area is 128 Å². The summed E-state index contributed by atoms with van der Waals surface area (Å²) in [6, 6.07) is 5.03. The van der Waals surface area contributed by atoms with Crippen molar-refractivity contribution in [1.82, 2.24) is 10.2 Å². The number of nitrogens with zero attached hydrogens (tertiary/aromatic N) is 1. The summed E-state index contributed by atoms with van der Waals surface area (Å²) in [6.07, 6.45) is 0.936. The highest BCUT2D eigenvalue weighted by molar-refractivity contribution is 5.32. The van der Waals surface area contributed by atoms with E-state index in [1.807, 2.05) is 19.2 Å². The van der Waals surface area contributed by atoms with E-state index < -0.39 is 0 Å². The second kappa shape index (κ2) is 7.76. The van der Waals surface area contributed by atoms with Crippen LogP contribution in [-0.2, 0) is 0 Å². The minimum Gasteiger partial charge on any atom is -0.497 e. The molecule has 1 aromatic rings. The number of hydrogen-bond donors (Lipinski definition) is 1. The van der Waals surface area contributed by atoms with Crippen LogP contribution in [0.1, 0.15) is 45.7 Å². The van der Waals surface area contributed by atoms with Gasteiger partial charge in [-0.1, -0.05) is 26.8 Å². The molecule has 0 spiro atoms. The van der Waals surface area contributed by atoms with Crippen molar-refractivity contribution in [1.29, 1.82) is 0 Å². The van der Waals surface area contributed by atoms with Gasteiger partial charge in [0, 0.05) is 17.2 Å². The average molecular weight is 296 g/mol. The molecule has 1 aromatic carbocycles. The zero-order valence-corrected chi connectivity index (χ0v) is 14.2. The maximum atomic E-state index is 14.5. The summed E-state index contributed by atoms with van der Waals surface area (Å²) < 4.78 is 19.6. The van der Waals surface area contributed by atoms with E-state index in [0.717, 1.165) is 19.5 Å². The van der Waals surface area contributed by atoms with Crippen molar-refractivity contribution in [3.05, 3.63) is 29.6 Å². The van der Waals surface area contributed by atoms with E-state index >= 15 is 0 Å². The van der Waals surface area contributed by atoms with Crippen molar-refractivity contribution in [2.75, 3.05) is 27.2 Å². The van der Waals surface area contributed by atoms with Gasteiger partial charge in [0.05, 0.1) is 13.2 Å². The first-order chi connectivity index (χ1) is 9.98. The van der Waals surface area contributed by atoms with Crippen LogP contribution in [-0.4, -0.2) is 37.7 Å². The third kappa shape index (κ3) is 3.55. The molecule has 0 bridgehead atoms. The van der Waals surface area contributed by atoms with Crippen molar-refractivity contribution in [2.45, 2.75) is 45.7 Å². The van der Waals surface area contributed by atoms with Crippen LogP contribution in [0.4, 0.5) is 4.39 Å². The molecule has 0 amide bonds. The summed E-state index contributed by atoms with van der Waals surface area (Å²) in [4.78, 5) is 2.39. The normalized spacial score (nSPS) is 15.8. The van der Waals surface area contributed by atoms with Crippen LogP contribution in [0.15, 0.2) is 18.2 Å². The fourth-order valence-electron chi connectivity index (χ4n) is 3.23. The summed E-state index contributed by atoms with van der Waals surface area (Å²) in [5, 5.41) is 3.31. The van der Waals surface area contributed by atoms with E-state index in [-0.39, 0.29) is 17.4 Å². The number of likely N-dealkylation sites (N-methyl/N-ethyl adjacent to an activating group) is 2. The molecule has 0 aliphatic heterocycles. The molecule has 21 heavy (non-hydrogen) atoms. The minimum absolute atomic E-state index is 0.0756. The van der Waals surface area contributed by atoms with Gasteiger partial charge in [0.25, 0.3) is 0 Å². The predicted octanol–water partition coefficient (Wildman–Crippen LogP) is 3.61. The number of ether oxygens (including phenoxy) is 1. The van der Waals surface area contributed by atoms with Crippen molar-refractivity contribution in [3.8, 4) is 5.75 Å². The van der Waals surface area contributed by atoms with E-state index in [0.29, 0.717) is 11.3 Å². The number of benzene rings is 1. The second-order valence-electron chi connectivity index (χ2n) is 5.49. The summed E-state index contributed by atoms with van der Waals surface area (Å²) in [5.41, 5.74) is 0.544. The first kappa shape index (κ1) is 17.9. The molecule has 0 radical (unpaired) electrons. The van der Waals surface area contributed by atoms with Gasteiger partial charge in [0.15, 0.2) is 0 Å². The number of nitrogens with one attached hydrogen (secondary N) is 1. The molecular formula is C17H29FN2O.